The molecule has 3 heterocycles. The highest BCUT2D eigenvalue weighted by Gasteiger charge is 2.26. The summed E-state index contributed by atoms with van der Waals surface area (Å²) in [5.41, 5.74) is 12.7. The zero-order valence-electron chi connectivity index (χ0n) is 28.4. The normalized spacial score (nSPS) is 12.4. The Morgan fingerprint density at radius 1 is 0.404 bits per heavy atom. The monoisotopic (exact) mass is 667 g/mol. The quantitative estimate of drug-likeness (QED) is 0.177. The molecule has 9 aromatic rings. The Morgan fingerprint density at radius 2 is 0.942 bits per heavy atom. The average molecular weight is 668 g/mol. The molecule has 0 radical (unpaired) electrons. The van der Waals surface area contributed by atoms with Crippen molar-refractivity contribution in [2.45, 2.75) is 6.42 Å². The second-order valence-corrected chi connectivity index (χ2v) is 13.2. The predicted octanol–water partition coefficient (Wildman–Crippen LogP) is 11.3. The Kier molecular flexibility index (Phi) is 7.21. The van der Waals surface area contributed by atoms with Crippen LogP contribution in [0.25, 0.3) is 72.8 Å². The van der Waals surface area contributed by atoms with Gasteiger partial charge in [0.1, 0.15) is 0 Å². The van der Waals surface area contributed by atoms with E-state index in [2.05, 4.69) is 125 Å². The number of anilines is 2. The van der Waals surface area contributed by atoms with Crippen LogP contribution in [0.4, 0.5) is 11.4 Å². The van der Waals surface area contributed by atoms with Gasteiger partial charge in [0.15, 0.2) is 17.5 Å². The molecule has 0 saturated carbocycles. The highest BCUT2D eigenvalue weighted by molar-refractivity contribution is 6.13. The van der Waals surface area contributed by atoms with E-state index in [1.807, 2.05) is 60.7 Å². The van der Waals surface area contributed by atoms with Gasteiger partial charge in [-0.05, 0) is 65.6 Å². The summed E-state index contributed by atoms with van der Waals surface area (Å²) >= 11 is 0. The standard InChI is InChI=1S/C47H33N5/c1-4-13-33(14-5-1)45-48-46(34-15-6-2-7-16-34)50-47(49-45)35-25-23-32(24-26-35)36-17-12-20-38(31-36)52-42-22-11-10-21-39(42)44-40-29-30-51(37-18-8-3-9-19-37)41(40)27-28-43(44)52/h1-28,31H,29-30H2. The second-order valence-electron chi connectivity index (χ2n) is 13.2. The highest BCUT2D eigenvalue weighted by Crippen LogP contribution is 2.43. The van der Waals surface area contributed by atoms with Gasteiger partial charge in [-0.15, -0.1) is 0 Å². The molecular weight excluding hydrogens is 635 g/mol. The molecular formula is C47H33N5. The van der Waals surface area contributed by atoms with Crippen molar-refractivity contribution >= 4 is 33.2 Å². The number of aromatic nitrogens is 4. The fourth-order valence-corrected chi connectivity index (χ4v) is 7.70. The van der Waals surface area contributed by atoms with Gasteiger partial charge in [-0.25, -0.2) is 15.0 Å². The van der Waals surface area contributed by atoms with E-state index in [9.17, 15) is 0 Å². The summed E-state index contributed by atoms with van der Waals surface area (Å²) in [6.45, 7) is 0.981. The molecule has 1 aliphatic heterocycles. The molecule has 0 unspecified atom stereocenters. The molecule has 0 bridgehead atoms. The minimum atomic E-state index is 0.650. The minimum Gasteiger partial charge on any atom is -0.341 e. The molecule has 2 aromatic heterocycles. The van der Waals surface area contributed by atoms with Crippen molar-refractivity contribution in [2.24, 2.45) is 0 Å². The van der Waals surface area contributed by atoms with Crippen molar-refractivity contribution < 1.29 is 0 Å². The number of benzene rings is 7. The van der Waals surface area contributed by atoms with Crippen LogP contribution < -0.4 is 4.90 Å². The first-order valence-electron chi connectivity index (χ1n) is 17.7. The Bertz CT molecular complexity index is 2660. The van der Waals surface area contributed by atoms with Crippen molar-refractivity contribution in [3.63, 3.8) is 0 Å². The lowest BCUT2D eigenvalue weighted by atomic mass is 10.0. The topological polar surface area (TPSA) is 46.8 Å². The van der Waals surface area contributed by atoms with Gasteiger partial charge in [0.2, 0.25) is 0 Å². The lowest BCUT2D eigenvalue weighted by Gasteiger charge is -2.19. The largest absolute Gasteiger partial charge is 0.341 e. The van der Waals surface area contributed by atoms with Gasteiger partial charge in [-0.2, -0.15) is 0 Å². The van der Waals surface area contributed by atoms with Crippen molar-refractivity contribution in [1.29, 1.82) is 0 Å². The molecule has 0 saturated heterocycles. The first kappa shape index (κ1) is 30.0. The average Bonchev–Trinajstić information content (AvgIpc) is 3.81. The molecule has 5 nitrogen and oxygen atoms in total. The molecule has 0 spiro atoms. The summed E-state index contributed by atoms with van der Waals surface area (Å²) < 4.78 is 2.43. The van der Waals surface area contributed by atoms with Crippen molar-refractivity contribution in [1.82, 2.24) is 19.5 Å². The molecule has 0 N–H and O–H groups in total. The Labute approximate surface area is 302 Å². The number of rotatable bonds is 6. The van der Waals surface area contributed by atoms with Gasteiger partial charge >= 0.3 is 0 Å². The maximum absolute atomic E-state index is 4.93. The van der Waals surface area contributed by atoms with Crippen LogP contribution in [0.1, 0.15) is 5.56 Å². The predicted molar refractivity (Wildman–Crippen MR) is 213 cm³/mol. The molecule has 52 heavy (non-hydrogen) atoms. The number of hydrogen-bond donors (Lipinski definition) is 0. The summed E-state index contributed by atoms with van der Waals surface area (Å²) in [4.78, 5) is 17.2. The Morgan fingerprint density at radius 3 is 1.62 bits per heavy atom. The van der Waals surface area contributed by atoms with E-state index < -0.39 is 0 Å². The van der Waals surface area contributed by atoms with E-state index in [-0.39, 0.29) is 0 Å². The summed E-state index contributed by atoms with van der Waals surface area (Å²) in [5.74, 6) is 1.97. The third-order valence-corrected chi connectivity index (χ3v) is 10.1. The van der Waals surface area contributed by atoms with Crippen molar-refractivity contribution in [2.75, 3.05) is 11.4 Å². The van der Waals surface area contributed by atoms with Crippen LogP contribution in [0.2, 0.25) is 0 Å². The lowest BCUT2D eigenvalue weighted by molar-refractivity contribution is 1.00. The highest BCUT2D eigenvalue weighted by atomic mass is 15.2. The number of nitrogens with zero attached hydrogens (tertiary/aromatic N) is 5. The fourth-order valence-electron chi connectivity index (χ4n) is 7.70. The SMILES string of the molecule is c1ccc(-c2nc(-c3ccccc3)nc(-c3ccc(-c4cccc(-n5c6ccccc6c6c7c(ccc65)N(c5ccccc5)CC7)c4)cc3)n2)cc1. The molecule has 246 valence electrons. The lowest BCUT2D eigenvalue weighted by Crippen LogP contribution is -2.12. The molecule has 5 heteroatoms. The summed E-state index contributed by atoms with van der Waals surface area (Å²) in [5, 5.41) is 2.64. The second kappa shape index (κ2) is 12.5. The van der Waals surface area contributed by atoms with E-state index in [4.69, 9.17) is 15.0 Å². The zero-order chi connectivity index (χ0) is 34.4. The van der Waals surface area contributed by atoms with Gasteiger partial charge in [-0.3, -0.25) is 0 Å². The van der Waals surface area contributed by atoms with Crippen LogP contribution in [-0.4, -0.2) is 26.1 Å². The van der Waals surface area contributed by atoms with Gasteiger partial charge < -0.3 is 9.47 Å². The molecule has 1 aliphatic rings. The van der Waals surface area contributed by atoms with Gasteiger partial charge in [0.05, 0.1) is 11.0 Å². The first-order valence-corrected chi connectivity index (χ1v) is 17.7. The number of para-hydroxylation sites is 2. The summed E-state index contributed by atoms with van der Waals surface area (Å²) in [7, 11) is 0. The van der Waals surface area contributed by atoms with Gasteiger partial charge in [0, 0.05) is 51.1 Å². The number of fused-ring (bicyclic) bond motifs is 5. The minimum absolute atomic E-state index is 0.650. The maximum atomic E-state index is 4.93. The molecule has 0 aliphatic carbocycles. The fraction of sp³-hybridized carbons (Fsp3) is 0.0426. The summed E-state index contributed by atoms with van der Waals surface area (Å²) in [6, 6.07) is 61.8. The van der Waals surface area contributed by atoms with Crippen molar-refractivity contribution in [3.05, 3.63) is 181 Å². The third kappa shape index (κ3) is 5.14. The van der Waals surface area contributed by atoms with Crippen LogP contribution in [0.15, 0.2) is 176 Å². The van der Waals surface area contributed by atoms with E-state index in [1.165, 1.54) is 38.7 Å². The van der Waals surface area contributed by atoms with Gasteiger partial charge in [-0.1, -0.05) is 133 Å². The van der Waals surface area contributed by atoms with Crippen LogP contribution in [0, 0.1) is 0 Å². The molecule has 7 aromatic carbocycles. The third-order valence-electron chi connectivity index (χ3n) is 10.1. The molecule has 0 fully saturated rings. The van der Waals surface area contributed by atoms with Crippen LogP contribution in [0.5, 0.6) is 0 Å². The summed E-state index contributed by atoms with van der Waals surface area (Å²) in [6.07, 6.45) is 1.02. The molecule has 0 atom stereocenters. The zero-order valence-corrected chi connectivity index (χ0v) is 28.4. The van der Waals surface area contributed by atoms with Crippen LogP contribution >= 0.6 is 0 Å². The van der Waals surface area contributed by atoms with E-state index in [1.54, 1.807) is 0 Å². The number of hydrogen-bond acceptors (Lipinski definition) is 4. The first-order chi connectivity index (χ1) is 25.8. The van der Waals surface area contributed by atoms with Crippen LogP contribution in [-0.2, 0) is 6.42 Å². The Balaban J connectivity index is 1.04. The van der Waals surface area contributed by atoms with E-state index in [0.717, 1.165) is 46.5 Å². The van der Waals surface area contributed by atoms with E-state index in [0.29, 0.717) is 17.5 Å². The van der Waals surface area contributed by atoms with Crippen LogP contribution in [0.3, 0.4) is 0 Å². The van der Waals surface area contributed by atoms with Crippen molar-refractivity contribution in [3.8, 4) is 51.0 Å². The van der Waals surface area contributed by atoms with Gasteiger partial charge in [0.25, 0.3) is 0 Å². The smallest absolute Gasteiger partial charge is 0.164 e. The van der Waals surface area contributed by atoms with E-state index >= 15 is 0 Å². The Hall–Kier alpha value is -6.85. The maximum Gasteiger partial charge on any atom is 0.164 e. The molecule has 10 rings (SSSR count). The molecule has 0 amide bonds.